The molecule has 0 spiro atoms. The van der Waals surface area contributed by atoms with E-state index in [0.29, 0.717) is 6.54 Å². The van der Waals surface area contributed by atoms with Crippen LogP contribution in [0.15, 0.2) is 6.07 Å². The molecule has 2 heterocycles. The standard InChI is InChI=1S/C18H22N2OS2/c21-18(16-11-12-5-1-3-7-14(12)22-16)19-10-9-17-20-13-6-2-4-8-15(13)23-17/h11H,1-10H2,(H,19,21). The van der Waals surface area contributed by atoms with Crippen LogP contribution < -0.4 is 5.32 Å². The molecule has 2 aliphatic carbocycles. The Balaban J connectivity index is 1.33. The van der Waals surface area contributed by atoms with Crippen molar-refractivity contribution in [2.24, 2.45) is 0 Å². The van der Waals surface area contributed by atoms with Crippen molar-refractivity contribution >= 4 is 28.6 Å². The molecular formula is C18H22N2OS2. The van der Waals surface area contributed by atoms with E-state index < -0.39 is 0 Å². The lowest BCUT2D eigenvalue weighted by atomic mass is 9.99. The van der Waals surface area contributed by atoms with Crippen molar-refractivity contribution in [3.05, 3.63) is 37.0 Å². The van der Waals surface area contributed by atoms with Gasteiger partial charge in [-0.05, 0) is 63.0 Å². The van der Waals surface area contributed by atoms with Crippen molar-refractivity contribution in [1.29, 1.82) is 0 Å². The molecule has 2 aromatic heterocycles. The van der Waals surface area contributed by atoms with E-state index in [9.17, 15) is 4.79 Å². The number of fused-ring (bicyclic) bond motifs is 2. The number of nitrogens with one attached hydrogen (secondary N) is 1. The van der Waals surface area contributed by atoms with E-state index in [-0.39, 0.29) is 5.91 Å². The third-order valence-corrected chi connectivity index (χ3v) is 7.19. The molecule has 3 nitrogen and oxygen atoms in total. The van der Waals surface area contributed by atoms with Crippen LogP contribution in [0.4, 0.5) is 0 Å². The first-order valence-electron chi connectivity index (χ1n) is 8.67. The maximum atomic E-state index is 12.3. The highest BCUT2D eigenvalue weighted by molar-refractivity contribution is 7.14. The van der Waals surface area contributed by atoms with Gasteiger partial charge in [0, 0.05) is 22.7 Å². The fraction of sp³-hybridized carbons (Fsp3) is 0.556. The van der Waals surface area contributed by atoms with Crippen LogP contribution in [0, 0.1) is 0 Å². The van der Waals surface area contributed by atoms with Crippen LogP contribution in [0.2, 0.25) is 0 Å². The van der Waals surface area contributed by atoms with Gasteiger partial charge in [-0.1, -0.05) is 0 Å². The molecule has 0 aromatic carbocycles. The van der Waals surface area contributed by atoms with Crippen LogP contribution in [0.3, 0.4) is 0 Å². The van der Waals surface area contributed by atoms with E-state index in [0.717, 1.165) is 30.6 Å². The van der Waals surface area contributed by atoms with Crippen LogP contribution in [0.5, 0.6) is 0 Å². The van der Waals surface area contributed by atoms with E-state index in [4.69, 9.17) is 4.98 Å². The van der Waals surface area contributed by atoms with Gasteiger partial charge in [0.15, 0.2) is 0 Å². The Bertz CT molecular complexity index is 670. The Morgan fingerprint density at radius 3 is 2.65 bits per heavy atom. The van der Waals surface area contributed by atoms with Gasteiger partial charge in [-0.3, -0.25) is 4.79 Å². The van der Waals surface area contributed by atoms with Crippen LogP contribution >= 0.6 is 22.7 Å². The Kier molecular flexibility index (Phi) is 4.49. The zero-order chi connectivity index (χ0) is 15.6. The highest BCUT2D eigenvalue weighted by Gasteiger charge is 2.18. The van der Waals surface area contributed by atoms with Gasteiger partial charge in [0.2, 0.25) is 0 Å². The molecule has 5 heteroatoms. The summed E-state index contributed by atoms with van der Waals surface area (Å²) in [6.45, 7) is 0.688. The van der Waals surface area contributed by atoms with Crippen LogP contribution in [-0.4, -0.2) is 17.4 Å². The third-order valence-electron chi connectivity index (χ3n) is 4.73. The second kappa shape index (κ2) is 6.73. The summed E-state index contributed by atoms with van der Waals surface area (Å²) in [5, 5.41) is 4.26. The monoisotopic (exact) mass is 346 g/mol. The van der Waals surface area contributed by atoms with E-state index in [1.807, 2.05) is 11.3 Å². The summed E-state index contributed by atoms with van der Waals surface area (Å²) in [5.74, 6) is 0.0886. The lowest BCUT2D eigenvalue weighted by Crippen LogP contribution is -2.24. The molecular weight excluding hydrogens is 324 g/mol. The molecule has 0 unspecified atom stereocenters. The molecule has 2 aromatic rings. The van der Waals surface area contributed by atoms with Gasteiger partial charge in [0.1, 0.15) is 0 Å². The number of hydrogen-bond acceptors (Lipinski definition) is 4. The van der Waals surface area contributed by atoms with Gasteiger partial charge in [-0.15, -0.1) is 22.7 Å². The second-order valence-corrected chi connectivity index (χ2v) is 8.76. The molecule has 0 saturated carbocycles. The van der Waals surface area contributed by atoms with Gasteiger partial charge in [-0.25, -0.2) is 4.98 Å². The van der Waals surface area contributed by atoms with Crippen molar-refractivity contribution in [3.63, 3.8) is 0 Å². The summed E-state index contributed by atoms with van der Waals surface area (Å²) >= 11 is 3.53. The minimum absolute atomic E-state index is 0.0886. The average Bonchev–Trinajstić information content (AvgIpc) is 3.18. The summed E-state index contributed by atoms with van der Waals surface area (Å²) in [7, 11) is 0. The molecule has 23 heavy (non-hydrogen) atoms. The van der Waals surface area contributed by atoms with E-state index in [1.54, 1.807) is 11.3 Å². The lowest BCUT2D eigenvalue weighted by molar-refractivity contribution is 0.0958. The third kappa shape index (κ3) is 3.36. The molecule has 0 fully saturated rings. The predicted molar refractivity (Wildman–Crippen MR) is 95.8 cm³/mol. The number of hydrogen-bond donors (Lipinski definition) is 1. The smallest absolute Gasteiger partial charge is 0.261 e. The highest BCUT2D eigenvalue weighted by atomic mass is 32.1. The number of amides is 1. The Hall–Kier alpha value is -1.20. The number of nitrogens with zero attached hydrogens (tertiary/aromatic N) is 1. The van der Waals surface area contributed by atoms with Crippen LogP contribution in [-0.2, 0) is 32.1 Å². The number of carbonyl (C=O) groups is 1. The Morgan fingerprint density at radius 1 is 1.04 bits per heavy atom. The summed E-state index contributed by atoms with van der Waals surface area (Å²) in [6, 6.07) is 2.11. The number of thiophene rings is 1. The van der Waals surface area contributed by atoms with Crippen LogP contribution in [0.25, 0.3) is 0 Å². The Labute approximate surface area is 145 Å². The second-order valence-electron chi connectivity index (χ2n) is 6.46. The van der Waals surface area contributed by atoms with Crippen molar-refractivity contribution in [2.45, 2.75) is 57.8 Å². The zero-order valence-electron chi connectivity index (χ0n) is 13.3. The molecule has 0 radical (unpaired) electrons. The van der Waals surface area contributed by atoms with Crippen molar-refractivity contribution < 1.29 is 4.79 Å². The normalized spacial score (nSPS) is 16.7. The number of carbonyl (C=O) groups excluding carboxylic acids is 1. The molecule has 0 atom stereocenters. The Morgan fingerprint density at radius 2 is 1.83 bits per heavy atom. The first-order chi connectivity index (χ1) is 11.3. The van der Waals surface area contributed by atoms with Crippen molar-refractivity contribution in [2.75, 3.05) is 6.54 Å². The first-order valence-corrected chi connectivity index (χ1v) is 10.3. The molecule has 1 amide bonds. The maximum Gasteiger partial charge on any atom is 0.261 e. The summed E-state index contributed by atoms with van der Waals surface area (Å²) in [5.41, 5.74) is 2.72. The van der Waals surface area contributed by atoms with Gasteiger partial charge in [-0.2, -0.15) is 0 Å². The molecule has 122 valence electrons. The largest absolute Gasteiger partial charge is 0.351 e. The van der Waals surface area contributed by atoms with Gasteiger partial charge < -0.3 is 5.32 Å². The SMILES string of the molecule is O=C(NCCc1nc2c(s1)CCCC2)c1cc2c(s1)CCCC2. The predicted octanol–water partition coefficient (Wildman–Crippen LogP) is 3.93. The van der Waals surface area contributed by atoms with E-state index in [2.05, 4.69) is 11.4 Å². The van der Waals surface area contributed by atoms with Crippen LogP contribution in [0.1, 0.15) is 61.4 Å². The minimum atomic E-state index is 0.0886. The number of aromatic nitrogens is 1. The number of thiazole rings is 1. The fourth-order valence-electron chi connectivity index (χ4n) is 3.49. The number of aryl methyl sites for hydroxylation is 4. The minimum Gasteiger partial charge on any atom is -0.351 e. The van der Waals surface area contributed by atoms with Gasteiger partial charge in [0.25, 0.3) is 5.91 Å². The number of rotatable bonds is 4. The fourth-order valence-corrected chi connectivity index (χ4v) is 5.81. The van der Waals surface area contributed by atoms with Crippen molar-refractivity contribution in [3.8, 4) is 0 Å². The first kappa shape index (κ1) is 15.3. The van der Waals surface area contributed by atoms with Crippen molar-refractivity contribution in [1.82, 2.24) is 10.3 Å². The molecule has 0 bridgehead atoms. The molecule has 0 aliphatic heterocycles. The van der Waals surface area contributed by atoms with E-state index >= 15 is 0 Å². The summed E-state index contributed by atoms with van der Waals surface area (Å²) < 4.78 is 0. The van der Waals surface area contributed by atoms with Gasteiger partial charge >= 0.3 is 0 Å². The molecule has 1 N–H and O–H groups in total. The topological polar surface area (TPSA) is 42.0 Å². The summed E-state index contributed by atoms with van der Waals surface area (Å²) in [6.07, 6.45) is 10.6. The van der Waals surface area contributed by atoms with Gasteiger partial charge in [0.05, 0.1) is 15.6 Å². The zero-order valence-corrected chi connectivity index (χ0v) is 15.0. The summed E-state index contributed by atoms with van der Waals surface area (Å²) in [4.78, 5) is 20.9. The average molecular weight is 347 g/mol. The molecule has 4 rings (SSSR count). The molecule has 0 saturated heterocycles. The lowest BCUT2D eigenvalue weighted by Gasteiger charge is -2.08. The molecule has 2 aliphatic rings. The highest BCUT2D eigenvalue weighted by Crippen LogP contribution is 2.30. The van der Waals surface area contributed by atoms with E-state index in [1.165, 1.54) is 58.1 Å². The quantitative estimate of drug-likeness (QED) is 0.911. The maximum absolute atomic E-state index is 12.3.